The number of methoxy groups -OCH3 is 1. The maximum absolute atomic E-state index is 12.8. The molecule has 0 bridgehead atoms. The molecule has 3 fully saturated rings. The van der Waals surface area contributed by atoms with Gasteiger partial charge < -0.3 is 18.9 Å². The second-order valence-corrected chi connectivity index (χ2v) is 13.6. The summed E-state index contributed by atoms with van der Waals surface area (Å²) >= 11 is 1.35. The third-order valence-corrected chi connectivity index (χ3v) is 9.13. The van der Waals surface area contributed by atoms with Crippen molar-refractivity contribution in [3.63, 3.8) is 0 Å². The average Bonchev–Trinajstić information content (AvgIpc) is 3.78. The number of benzene rings is 1. The number of ketones is 2. The molecule has 3 aliphatic rings. The highest BCUT2D eigenvalue weighted by Crippen LogP contribution is 2.59. The van der Waals surface area contributed by atoms with Crippen LogP contribution in [0.15, 0.2) is 40.8 Å². The quantitative estimate of drug-likeness (QED) is 0.0867. The summed E-state index contributed by atoms with van der Waals surface area (Å²) in [6.07, 6.45) is 3.36. The molecular formula is C31H42O7S. The average molecular weight is 559 g/mol. The van der Waals surface area contributed by atoms with Gasteiger partial charge in [-0.25, -0.2) is 0 Å². The largest absolute Gasteiger partial charge is 0.459 e. The molecule has 0 N–H and O–H groups in total. The van der Waals surface area contributed by atoms with E-state index in [1.165, 1.54) is 17.3 Å². The molecule has 2 heterocycles. The Morgan fingerprint density at radius 2 is 1.82 bits per heavy atom. The Hall–Kier alpha value is -2.00. The molecule has 0 unspecified atom stereocenters. The topological polar surface area (TPSA) is 94.7 Å². The van der Waals surface area contributed by atoms with E-state index in [1.54, 1.807) is 19.2 Å². The molecule has 0 amide bonds. The number of hydrogen-bond acceptors (Lipinski definition) is 8. The molecule has 4 rings (SSSR count). The summed E-state index contributed by atoms with van der Waals surface area (Å²) in [5.41, 5.74) is 0.742. The third-order valence-electron chi connectivity index (χ3n) is 8.06. The van der Waals surface area contributed by atoms with Gasteiger partial charge in [-0.3, -0.25) is 14.4 Å². The van der Waals surface area contributed by atoms with Crippen LogP contribution in [-0.4, -0.2) is 66.5 Å². The van der Waals surface area contributed by atoms with Gasteiger partial charge in [-0.05, 0) is 52.2 Å². The van der Waals surface area contributed by atoms with Crippen molar-refractivity contribution in [1.82, 2.24) is 0 Å². The maximum atomic E-state index is 12.8. The molecule has 7 nitrogen and oxygen atoms in total. The minimum atomic E-state index is -0.534. The van der Waals surface area contributed by atoms with Crippen molar-refractivity contribution >= 4 is 29.3 Å². The van der Waals surface area contributed by atoms with Crippen LogP contribution in [0.1, 0.15) is 77.6 Å². The van der Waals surface area contributed by atoms with E-state index in [1.807, 2.05) is 32.9 Å². The fourth-order valence-corrected chi connectivity index (χ4v) is 6.55. The van der Waals surface area contributed by atoms with Gasteiger partial charge in [0.15, 0.2) is 11.6 Å². The summed E-state index contributed by atoms with van der Waals surface area (Å²) in [7, 11) is 1.64. The second kappa shape index (κ2) is 11.5. The van der Waals surface area contributed by atoms with Gasteiger partial charge in [-0.2, -0.15) is 0 Å². The minimum Gasteiger partial charge on any atom is -0.459 e. The molecule has 6 atom stereocenters. The summed E-state index contributed by atoms with van der Waals surface area (Å²) in [5.74, 6) is -0.577. The first-order valence-electron chi connectivity index (χ1n) is 13.8. The first kappa shape index (κ1) is 30.0. The molecule has 1 aromatic carbocycles. The number of ether oxygens (including phenoxy) is 4. The van der Waals surface area contributed by atoms with Gasteiger partial charge in [-0.15, -0.1) is 11.8 Å². The number of Topliss-reactive ketones (excluding diaryl/α,β-unsaturated/α-hetero) is 2. The van der Waals surface area contributed by atoms with E-state index in [9.17, 15) is 14.4 Å². The molecule has 1 aromatic rings. The normalized spacial score (nSPS) is 31.5. The minimum absolute atomic E-state index is 0.0588. The van der Waals surface area contributed by atoms with E-state index >= 15 is 0 Å². The lowest BCUT2D eigenvalue weighted by Crippen LogP contribution is -2.55. The Morgan fingerprint density at radius 1 is 1.15 bits per heavy atom. The van der Waals surface area contributed by atoms with Gasteiger partial charge >= 0.3 is 5.97 Å². The highest BCUT2D eigenvalue weighted by Gasteiger charge is 2.72. The lowest BCUT2D eigenvalue weighted by Gasteiger charge is -2.42. The van der Waals surface area contributed by atoms with Crippen LogP contribution in [0.5, 0.6) is 0 Å². The van der Waals surface area contributed by atoms with E-state index in [0.717, 1.165) is 17.7 Å². The predicted octanol–water partition coefficient (Wildman–Crippen LogP) is 5.59. The maximum Gasteiger partial charge on any atom is 0.313 e. The van der Waals surface area contributed by atoms with Gasteiger partial charge in [0, 0.05) is 23.0 Å². The van der Waals surface area contributed by atoms with Crippen LogP contribution < -0.4 is 0 Å². The zero-order valence-corrected chi connectivity index (χ0v) is 25.0. The van der Waals surface area contributed by atoms with Crippen molar-refractivity contribution in [2.45, 2.75) is 102 Å². The Labute approximate surface area is 236 Å². The summed E-state index contributed by atoms with van der Waals surface area (Å²) in [6.45, 7) is 12.6. The number of carbonyl (C=O) groups excluding carboxylic acids is 3. The highest BCUT2D eigenvalue weighted by atomic mass is 32.2. The van der Waals surface area contributed by atoms with Crippen molar-refractivity contribution in [1.29, 1.82) is 0 Å². The molecule has 8 heteroatoms. The van der Waals surface area contributed by atoms with Crippen molar-refractivity contribution in [2.24, 2.45) is 11.3 Å². The molecule has 2 aliphatic heterocycles. The monoisotopic (exact) mass is 558 g/mol. The standard InChI is InChI=1S/C31H42O7S/c1-19(2)8-13-24-30(6,38-24)27-26(35-7)23(14-15-31(27)18-36-31)37-25(33)16-21(32)17-39-22-11-9-20(10-12-22)28(34)29(3,4)5/h8-12,23-24,26-27H,13-18H2,1-7H3/t23-,24-,26-,27-,30+,31+/m1/s1. The lowest BCUT2D eigenvalue weighted by atomic mass is 9.68. The van der Waals surface area contributed by atoms with Crippen molar-refractivity contribution < 1.29 is 33.3 Å². The number of allylic oxidation sites excluding steroid dienone is 1. The third kappa shape index (κ3) is 6.84. The summed E-state index contributed by atoms with van der Waals surface area (Å²) in [4.78, 5) is 38.7. The number of thioether (sulfide) groups is 1. The first-order valence-corrected chi connectivity index (χ1v) is 14.7. The number of hydrogen-bond donors (Lipinski definition) is 0. The number of rotatable bonds is 11. The molecule has 1 aliphatic carbocycles. The van der Waals surface area contributed by atoms with Crippen molar-refractivity contribution in [3.8, 4) is 0 Å². The zero-order valence-electron chi connectivity index (χ0n) is 24.2. The molecule has 0 aromatic heterocycles. The molecule has 39 heavy (non-hydrogen) atoms. The lowest BCUT2D eigenvalue weighted by molar-refractivity contribution is -0.172. The fourth-order valence-electron chi connectivity index (χ4n) is 5.79. The number of epoxide rings is 2. The van der Waals surface area contributed by atoms with Crippen molar-refractivity contribution in [2.75, 3.05) is 19.5 Å². The van der Waals surface area contributed by atoms with Crippen molar-refractivity contribution in [3.05, 3.63) is 41.5 Å². The van der Waals surface area contributed by atoms with Crippen LogP contribution >= 0.6 is 11.8 Å². The number of esters is 1. The number of carbonyl (C=O) groups is 3. The van der Waals surface area contributed by atoms with Gasteiger partial charge in [0.25, 0.3) is 0 Å². The van der Waals surface area contributed by atoms with E-state index in [4.69, 9.17) is 18.9 Å². The molecule has 214 valence electrons. The van der Waals surface area contributed by atoms with Crippen LogP contribution in [0, 0.1) is 11.3 Å². The van der Waals surface area contributed by atoms with Crippen LogP contribution in [0.4, 0.5) is 0 Å². The Kier molecular flexibility index (Phi) is 8.82. The zero-order chi connectivity index (χ0) is 28.6. The van der Waals surface area contributed by atoms with E-state index in [-0.39, 0.29) is 47.5 Å². The SMILES string of the molecule is CO[C@@H]1[C@H](OC(=O)CC(=O)CSc2ccc(C(=O)C(C)(C)C)cc2)CC[C@]2(CO2)[C@H]1[C@@]1(C)O[C@@H]1CC=C(C)C. The first-order chi connectivity index (χ1) is 18.3. The van der Waals surface area contributed by atoms with Crippen LogP contribution in [0.3, 0.4) is 0 Å². The van der Waals surface area contributed by atoms with Gasteiger partial charge in [0.2, 0.25) is 0 Å². The molecule has 2 saturated heterocycles. The van der Waals surface area contributed by atoms with E-state index in [2.05, 4.69) is 26.8 Å². The van der Waals surface area contributed by atoms with Crippen LogP contribution in [0.2, 0.25) is 0 Å². The second-order valence-electron chi connectivity index (χ2n) is 12.5. The predicted molar refractivity (Wildman–Crippen MR) is 150 cm³/mol. The Bertz CT molecular complexity index is 1110. The molecule has 1 spiro atoms. The summed E-state index contributed by atoms with van der Waals surface area (Å²) in [5, 5.41) is 0. The van der Waals surface area contributed by atoms with Gasteiger partial charge in [0.05, 0.1) is 24.4 Å². The fraction of sp³-hybridized carbons (Fsp3) is 0.645. The Balaban J connectivity index is 1.30. The molecular weight excluding hydrogens is 516 g/mol. The molecule has 1 saturated carbocycles. The smallest absolute Gasteiger partial charge is 0.313 e. The van der Waals surface area contributed by atoms with E-state index < -0.39 is 23.1 Å². The highest BCUT2D eigenvalue weighted by molar-refractivity contribution is 8.00. The van der Waals surface area contributed by atoms with Gasteiger partial charge in [-0.1, -0.05) is 44.6 Å². The van der Waals surface area contributed by atoms with Gasteiger partial charge in [0.1, 0.15) is 29.8 Å². The van der Waals surface area contributed by atoms with Crippen LogP contribution in [-0.2, 0) is 28.5 Å². The molecule has 0 radical (unpaired) electrons. The summed E-state index contributed by atoms with van der Waals surface area (Å²) < 4.78 is 23.9. The van der Waals surface area contributed by atoms with E-state index in [0.29, 0.717) is 18.6 Å². The van der Waals surface area contributed by atoms with Crippen LogP contribution in [0.25, 0.3) is 0 Å². The summed E-state index contributed by atoms with van der Waals surface area (Å²) in [6, 6.07) is 7.23. The Morgan fingerprint density at radius 3 is 2.38 bits per heavy atom.